The molecule has 1 atom stereocenters. The lowest BCUT2D eigenvalue weighted by Crippen LogP contribution is -2.43. The fourth-order valence-electron chi connectivity index (χ4n) is 3.79. The lowest BCUT2D eigenvalue weighted by molar-refractivity contribution is 0.584. The van der Waals surface area contributed by atoms with Crippen LogP contribution in [-0.2, 0) is 6.54 Å². The second-order valence-corrected chi connectivity index (χ2v) is 9.56. The number of anilines is 1. The Kier molecular flexibility index (Phi) is 10.2. The largest absolute Gasteiger partial charge is 0.357 e. The van der Waals surface area contributed by atoms with Gasteiger partial charge < -0.3 is 15.5 Å². The van der Waals surface area contributed by atoms with Crippen LogP contribution in [-0.4, -0.2) is 47.6 Å². The molecule has 158 valence electrons. The van der Waals surface area contributed by atoms with Crippen molar-refractivity contribution in [3.63, 3.8) is 0 Å². The zero-order chi connectivity index (χ0) is 19.0. The van der Waals surface area contributed by atoms with Crippen LogP contribution in [0.3, 0.4) is 0 Å². The first-order chi connectivity index (χ1) is 13.2. The van der Waals surface area contributed by atoms with Crippen molar-refractivity contribution in [2.75, 3.05) is 36.8 Å². The Morgan fingerprint density at radius 3 is 2.68 bits per heavy atom. The van der Waals surface area contributed by atoms with E-state index in [4.69, 9.17) is 4.99 Å². The molecule has 0 spiro atoms. The molecule has 2 saturated heterocycles. The zero-order valence-electron chi connectivity index (χ0n) is 17.4. The molecule has 0 bridgehead atoms. The van der Waals surface area contributed by atoms with Crippen molar-refractivity contribution in [3.8, 4) is 0 Å². The Balaban J connectivity index is 0.00000280. The Morgan fingerprint density at radius 2 is 2.00 bits per heavy atom. The predicted molar refractivity (Wildman–Crippen MR) is 133 cm³/mol. The van der Waals surface area contributed by atoms with E-state index in [0.717, 1.165) is 38.0 Å². The number of aromatic nitrogens is 1. The minimum atomic E-state index is 0. The van der Waals surface area contributed by atoms with E-state index in [-0.39, 0.29) is 24.0 Å². The smallest absolute Gasteiger partial charge is 0.191 e. The zero-order valence-corrected chi connectivity index (χ0v) is 20.5. The van der Waals surface area contributed by atoms with Crippen molar-refractivity contribution in [1.29, 1.82) is 0 Å². The third-order valence-corrected chi connectivity index (χ3v) is 6.97. The van der Waals surface area contributed by atoms with Gasteiger partial charge in [-0.2, -0.15) is 11.8 Å². The molecule has 7 heteroatoms. The molecule has 5 nitrogen and oxygen atoms in total. The number of hydrogen-bond donors (Lipinski definition) is 2. The first-order valence-electron chi connectivity index (χ1n) is 10.5. The van der Waals surface area contributed by atoms with Crippen LogP contribution in [0.2, 0.25) is 0 Å². The van der Waals surface area contributed by atoms with Gasteiger partial charge in [0.05, 0.1) is 6.54 Å². The van der Waals surface area contributed by atoms with Crippen LogP contribution in [0, 0.1) is 0 Å². The van der Waals surface area contributed by atoms with Crippen molar-refractivity contribution in [1.82, 2.24) is 15.6 Å². The molecular weight excluding hydrogens is 481 g/mol. The molecule has 1 aromatic rings. The van der Waals surface area contributed by atoms with Gasteiger partial charge in [0, 0.05) is 37.1 Å². The lowest BCUT2D eigenvalue weighted by Gasteiger charge is -2.24. The van der Waals surface area contributed by atoms with Crippen LogP contribution in [0.25, 0.3) is 0 Å². The van der Waals surface area contributed by atoms with Crippen molar-refractivity contribution < 1.29 is 0 Å². The summed E-state index contributed by atoms with van der Waals surface area (Å²) < 4.78 is 0.340. The van der Waals surface area contributed by atoms with Gasteiger partial charge in [-0.25, -0.2) is 9.98 Å². The summed E-state index contributed by atoms with van der Waals surface area (Å²) in [5.41, 5.74) is 1.22. The molecule has 0 aromatic carbocycles. The molecule has 2 N–H and O–H groups in total. The Morgan fingerprint density at radius 1 is 1.21 bits per heavy atom. The molecule has 1 aromatic heterocycles. The van der Waals surface area contributed by atoms with Crippen molar-refractivity contribution in [2.24, 2.45) is 4.99 Å². The minimum absolute atomic E-state index is 0. The number of pyridine rings is 1. The topological polar surface area (TPSA) is 52.6 Å². The highest BCUT2D eigenvalue weighted by Gasteiger charge is 2.29. The fraction of sp³-hybridized carbons (Fsp3) is 0.714. The lowest BCUT2D eigenvalue weighted by atomic mass is 10.1. The van der Waals surface area contributed by atoms with Crippen LogP contribution in [0.5, 0.6) is 0 Å². The summed E-state index contributed by atoms with van der Waals surface area (Å²) in [6, 6.07) is 4.30. The van der Waals surface area contributed by atoms with Gasteiger partial charge in [-0.1, -0.05) is 12.8 Å². The second kappa shape index (κ2) is 12.1. The fourth-order valence-corrected chi connectivity index (χ4v) is 5.04. The summed E-state index contributed by atoms with van der Waals surface area (Å²) in [4.78, 5) is 11.9. The first kappa shape index (κ1) is 23.6. The van der Waals surface area contributed by atoms with Crippen molar-refractivity contribution in [3.05, 3.63) is 23.9 Å². The molecule has 0 amide bonds. The number of aliphatic imine (C=N–C) groups is 1. The standard InChI is InChI=1S/C21H35N5S.HI/c1-3-22-20(25-17-21(2)10-8-14-27-21)24-16-18-9-11-23-19(15-18)26-12-6-4-5-7-13-26;/h9,11,15H,3-8,10,12-14,16-17H2,1-2H3,(H2,22,24,25);1H. The molecule has 28 heavy (non-hydrogen) atoms. The molecule has 0 radical (unpaired) electrons. The Labute approximate surface area is 192 Å². The highest BCUT2D eigenvalue weighted by Crippen LogP contribution is 2.36. The van der Waals surface area contributed by atoms with Gasteiger partial charge in [-0.15, -0.1) is 24.0 Å². The Bertz CT molecular complexity index is 611. The summed E-state index contributed by atoms with van der Waals surface area (Å²) in [6.45, 7) is 9.26. The van der Waals surface area contributed by atoms with E-state index < -0.39 is 0 Å². The number of nitrogens with zero attached hydrogens (tertiary/aromatic N) is 3. The summed E-state index contributed by atoms with van der Waals surface area (Å²) in [6.07, 6.45) is 9.78. The van der Waals surface area contributed by atoms with E-state index in [9.17, 15) is 0 Å². The average Bonchev–Trinajstić information content (AvgIpc) is 2.94. The van der Waals surface area contributed by atoms with Crippen LogP contribution in [0.1, 0.15) is 57.9 Å². The van der Waals surface area contributed by atoms with Gasteiger partial charge in [0.2, 0.25) is 0 Å². The highest BCUT2D eigenvalue weighted by molar-refractivity contribution is 14.0. The maximum Gasteiger partial charge on any atom is 0.191 e. The van der Waals surface area contributed by atoms with Crippen LogP contribution < -0.4 is 15.5 Å². The van der Waals surface area contributed by atoms with Gasteiger partial charge in [-0.05, 0) is 63.0 Å². The molecule has 3 rings (SSSR count). The maximum atomic E-state index is 4.82. The minimum Gasteiger partial charge on any atom is -0.357 e. The van der Waals surface area contributed by atoms with Crippen LogP contribution in [0.15, 0.2) is 23.3 Å². The molecule has 2 fully saturated rings. The van der Waals surface area contributed by atoms with E-state index in [1.54, 1.807) is 0 Å². The second-order valence-electron chi connectivity index (χ2n) is 7.87. The van der Waals surface area contributed by atoms with E-state index in [0.29, 0.717) is 11.3 Å². The third kappa shape index (κ3) is 7.28. The predicted octanol–water partition coefficient (Wildman–Crippen LogP) is 4.42. The normalized spacial score (nSPS) is 23.1. The number of hydrogen-bond acceptors (Lipinski definition) is 4. The highest BCUT2D eigenvalue weighted by atomic mass is 127. The number of rotatable bonds is 6. The summed E-state index contributed by atoms with van der Waals surface area (Å²) in [5, 5.41) is 6.94. The molecule has 0 saturated carbocycles. The molecule has 0 aliphatic carbocycles. The molecular formula is C21H36IN5S. The summed E-state index contributed by atoms with van der Waals surface area (Å²) in [5.74, 6) is 3.30. The van der Waals surface area contributed by atoms with Crippen LogP contribution in [0.4, 0.5) is 5.82 Å². The number of guanidine groups is 1. The van der Waals surface area contributed by atoms with Gasteiger partial charge in [0.1, 0.15) is 5.82 Å². The van der Waals surface area contributed by atoms with Gasteiger partial charge in [-0.3, -0.25) is 0 Å². The molecule has 3 heterocycles. The monoisotopic (exact) mass is 517 g/mol. The van der Waals surface area contributed by atoms with E-state index in [2.05, 4.69) is 58.3 Å². The summed E-state index contributed by atoms with van der Waals surface area (Å²) in [7, 11) is 0. The number of nitrogens with one attached hydrogen (secondary N) is 2. The van der Waals surface area contributed by atoms with Crippen LogP contribution >= 0.6 is 35.7 Å². The van der Waals surface area contributed by atoms with E-state index in [1.165, 1.54) is 49.8 Å². The maximum absolute atomic E-state index is 4.82. The van der Waals surface area contributed by atoms with Crippen molar-refractivity contribution in [2.45, 2.75) is 63.7 Å². The quantitative estimate of drug-likeness (QED) is 0.333. The van der Waals surface area contributed by atoms with Gasteiger partial charge in [0.25, 0.3) is 0 Å². The average molecular weight is 518 g/mol. The molecule has 2 aliphatic rings. The first-order valence-corrected chi connectivity index (χ1v) is 11.5. The molecule has 1 unspecified atom stereocenters. The number of thioether (sulfide) groups is 1. The third-order valence-electron chi connectivity index (χ3n) is 5.43. The number of halogens is 1. The van der Waals surface area contributed by atoms with Gasteiger partial charge in [0.15, 0.2) is 5.96 Å². The van der Waals surface area contributed by atoms with Gasteiger partial charge >= 0.3 is 0 Å². The van der Waals surface area contributed by atoms with Crippen molar-refractivity contribution >= 4 is 47.5 Å². The SMILES string of the molecule is CCNC(=NCc1ccnc(N2CCCCCC2)c1)NCC1(C)CCCS1.I. The van der Waals surface area contributed by atoms with E-state index in [1.807, 2.05) is 6.20 Å². The van der Waals surface area contributed by atoms with E-state index >= 15 is 0 Å². The molecule has 2 aliphatic heterocycles. The summed E-state index contributed by atoms with van der Waals surface area (Å²) >= 11 is 2.08. The Hall–Kier alpha value is -0.700.